The Morgan fingerprint density at radius 1 is 1.11 bits per heavy atom. The summed E-state index contributed by atoms with van der Waals surface area (Å²) in [5.41, 5.74) is 3.41. The highest BCUT2D eigenvalue weighted by molar-refractivity contribution is 14.1. The Bertz CT molecular complexity index is 620. The van der Waals surface area contributed by atoms with Gasteiger partial charge in [-0.05, 0) is 66.8 Å². The number of amides is 1. The second kappa shape index (κ2) is 5.92. The third-order valence-corrected chi connectivity index (χ3v) is 3.65. The fourth-order valence-corrected chi connectivity index (χ4v) is 2.79. The molecule has 1 amide bonds. The van der Waals surface area contributed by atoms with Gasteiger partial charge in [-0.25, -0.2) is 0 Å². The van der Waals surface area contributed by atoms with E-state index < -0.39 is 0 Å². The molecule has 0 aliphatic heterocycles. The van der Waals surface area contributed by atoms with Crippen molar-refractivity contribution in [3.05, 3.63) is 61.7 Å². The van der Waals surface area contributed by atoms with Crippen molar-refractivity contribution in [3.63, 3.8) is 0 Å². The van der Waals surface area contributed by atoms with Crippen LogP contribution in [0, 0.1) is 17.4 Å². The zero-order valence-electron chi connectivity index (χ0n) is 10.6. The van der Waals surface area contributed by atoms with Crippen molar-refractivity contribution in [2.75, 3.05) is 5.32 Å². The Labute approximate surface area is 131 Å². The van der Waals surface area contributed by atoms with E-state index in [2.05, 4.69) is 27.9 Å². The number of carbonyl (C=O) groups is 1. The average Bonchev–Trinajstić information content (AvgIpc) is 2.31. The summed E-state index contributed by atoms with van der Waals surface area (Å²) in [6.07, 6.45) is 0. The van der Waals surface area contributed by atoms with Crippen molar-refractivity contribution in [3.8, 4) is 0 Å². The number of benzene rings is 2. The van der Waals surface area contributed by atoms with Crippen molar-refractivity contribution >= 4 is 45.8 Å². The molecule has 0 fully saturated rings. The molecule has 0 aliphatic rings. The zero-order valence-corrected chi connectivity index (χ0v) is 13.5. The third-order valence-electron chi connectivity index (χ3n) is 2.66. The van der Waals surface area contributed by atoms with Crippen LogP contribution >= 0.6 is 34.2 Å². The topological polar surface area (TPSA) is 29.1 Å². The lowest BCUT2D eigenvalue weighted by molar-refractivity contribution is 0.102. The molecule has 0 saturated heterocycles. The summed E-state index contributed by atoms with van der Waals surface area (Å²) in [5.74, 6) is -0.144. The lowest BCUT2D eigenvalue weighted by atomic mass is 10.1. The van der Waals surface area contributed by atoms with Crippen LogP contribution in [0.15, 0.2) is 36.4 Å². The van der Waals surface area contributed by atoms with Gasteiger partial charge in [0.15, 0.2) is 0 Å². The Kier molecular flexibility index (Phi) is 4.47. The van der Waals surface area contributed by atoms with E-state index in [0.717, 1.165) is 14.7 Å². The normalized spacial score (nSPS) is 10.3. The zero-order chi connectivity index (χ0) is 14.0. The van der Waals surface area contributed by atoms with Crippen LogP contribution < -0.4 is 5.32 Å². The molecule has 1 N–H and O–H groups in total. The molecule has 98 valence electrons. The van der Waals surface area contributed by atoms with Crippen molar-refractivity contribution in [1.82, 2.24) is 0 Å². The molecule has 0 heterocycles. The predicted molar refractivity (Wildman–Crippen MR) is 88.0 cm³/mol. The highest BCUT2D eigenvalue weighted by Crippen LogP contribution is 2.24. The Balaban J connectivity index is 2.25. The summed E-state index contributed by atoms with van der Waals surface area (Å²) in [6, 6.07) is 11.3. The second-order valence-corrected chi connectivity index (χ2v) is 6.11. The summed E-state index contributed by atoms with van der Waals surface area (Å²) < 4.78 is 1.03. The first-order chi connectivity index (χ1) is 8.95. The molecule has 0 bridgehead atoms. The standard InChI is InChI=1S/C15H13ClINO/c1-9-5-10(2)7-11(6-9)15(19)18-14-4-3-12(17)8-13(14)16/h3-8H,1-2H3,(H,18,19). The fourth-order valence-electron chi connectivity index (χ4n) is 1.89. The third kappa shape index (κ3) is 3.70. The number of nitrogens with one attached hydrogen (secondary N) is 1. The first-order valence-electron chi connectivity index (χ1n) is 5.80. The van der Waals surface area contributed by atoms with Gasteiger partial charge in [0.2, 0.25) is 0 Å². The smallest absolute Gasteiger partial charge is 0.255 e. The fraction of sp³-hybridized carbons (Fsp3) is 0.133. The Hall–Kier alpha value is -1.07. The first-order valence-corrected chi connectivity index (χ1v) is 7.26. The monoisotopic (exact) mass is 385 g/mol. The van der Waals surface area contributed by atoms with E-state index >= 15 is 0 Å². The number of carbonyl (C=O) groups excluding carboxylic acids is 1. The van der Waals surface area contributed by atoms with Crippen LogP contribution in [0.4, 0.5) is 5.69 Å². The maximum atomic E-state index is 12.2. The van der Waals surface area contributed by atoms with Crippen molar-refractivity contribution in [2.24, 2.45) is 0 Å². The van der Waals surface area contributed by atoms with Crippen LogP contribution in [0.5, 0.6) is 0 Å². The molecule has 2 rings (SSSR count). The van der Waals surface area contributed by atoms with E-state index in [1.54, 1.807) is 0 Å². The summed E-state index contributed by atoms with van der Waals surface area (Å²) >= 11 is 8.28. The van der Waals surface area contributed by atoms with E-state index in [-0.39, 0.29) is 5.91 Å². The quantitative estimate of drug-likeness (QED) is 0.738. The van der Waals surface area contributed by atoms with Crippen molar-refractivity contribution in [2.45, 2.75) is 13.8 Å². The summed E-state index contributed by atoms with van der Waals surface area (Å²) in [7, 11) is 0. The van der Waals surface area contributed by atoms with E-state index in [1.807, 2.05) is 50.2 Å². The minimum Gasteiger partial charge on any atom is -0.321 e. The van der Waals surface area contributed by atoms with Gasteiger partial charge in [0.25, 0.3) is 5.91 Å². The van der Waals surface area contributed by atoms with E-state index in [9.17, 15) is 4.79 Å². The minimum absolute atomic E-state index is 0.144. The molecule has 0 saturated carbocycles. The van der Waals surface area contributed by atoms with Gasteiger partial charge in [0, 0.05) is 9.13 Å². The van der Waals surface area contributed by atoms with Crippen LogP contribution in [0.1, 0.15) is 21.5 Å². The highest BCUT2D eigenvalue weighted by atomic mass is 127. The molecule has 0 atom stereocenters. The molecule has 2 nitrogen and oxygen atoms in total. The van der Waals surface area contributed by atoms with Gasteiger partial charge in [0.05, 0.1) is 10.7 Å². The van der Waals surface area contributed by atoms with Crippen LogP contribution in [0.25, 0.3) is 0 Å². The van der Waals surface area contributed by atoms with Gasteiger partial charge in [-0.3, -0.25) is 4.79 Å². The summed E-state index contributed by atoms with van der Waals surface area (Å²) in [6.45, 7) is 3.95. The van der Waals surface area contributed by atoms with Gasteiger partial charge in [-0.15, -0.1) is 0 Å². The number of anilines is 1. The predicted octanol–water partition coefficient (Wildman–Crippen LogP) is 4.81. The van der Waals surface area contributed by atoms with Crippen LogP contribution in [0.2, 0.25) is 5.02 Å². The second-order valence-electron chi connectivity index (χ2n) is 4.45. The maximum Gasteiger partial charge on any atom is 0.255 e. The molecular weight excluding hydrogens is 373 g/mol. The maximum absolute atomic E-state index is 12.2. The lowest BCUT2D eigenvalue weighted by Crippen LogP contribution is -2.12. The molecule has 2 aromatic carbocycles. The molecule has 2 aromatic rings. The van der Waals surface area contributed by atoms with Gasteiger partial charge in [-0.2, -0.15) is 0 Å². The van der Waals surface area contributed by atoms with Crippen LogP contribution in [-0.2, 0) is 0 Å². The molecule has 0 aromatic heterocycles. The lowest BCUT2D eigenvalue weighted by Gasteiger charge is -2.09. The van der Waals surface area contributed by atoms with Crippen LogP contribution in [-0.4, -0.2) is 5.91 Å². The van der Waals surface area contributed by atoms with E-state index in [0.29, 0.717) is 16.3 Å². The number of aryl methyl sites for hydroxylation is 2. The number of hydrogen-bond acceptors (Lipinski definition) is 1. The largest absolute Gasteiger partial charge is 0.321 e. The van der Waals surface area contributed by atoms with Gasteiger partial charge < -0.3 is 5.32 Å². The molecule has 4 heteroatoms. The van der Waals surface area contributed by atoms with Gasteiger partial charge in [-0.1, -0.05) is 28.8 Å². The van der Waals surface area contributed by atoms with Crippen LogP contribution in [0.3, 0.4) is 0 Å². The Morgan fingerprint density at radius 2 is 1.74 bits per heavy atom. The molecule has 0 radical (unpaired) electrons. The minimum atomic E-state index is -0.144. The molecule has 0 aliphatic carbocycles. The SMILES string of the molecule is Cc1cc(C)cc(C(=O)Nc2ccc(I)cc2Cl)c1. The molecule has 0 spiro atoms. The number of rotatable bonds is 2. The van der Waals surface area contributed by atoms with E-state index in [1.165, 1.54) is 0 Å². The first kappa shape index (κ1) is 14.3. The molecule has 0 unspecified atom stereocenters. The molecule has 19 heavy (non-hydrogen) atoms. The highest BCUT2D eigenvalue weighted by Gasteiger charge is 2.09. The van der Waals surface area contributed by atoms with Gasteiger partial charge >= 0.3 is 0 Å². The van der Waals surface area contributed by atoms with E-state index in [4.69, 9.17) is 11.6 Å². The number of hydrogen-bond donors (Lipinski definition) is 1. The summed E-state index contributed by atoms with van der Waals surface area (Å²) in [4.78, 5) is 12.2. The summed E-state index contributed by atoms with van der Waals surface area (Å²) in [5, 5.41) is 3.38. The average molecular weight is 386 g/mol. The van der Waals surface area contributed by atoms with Gasteiger partial charge in [0.1, 0.15) is 0 Å². The van der Waals surface area contributed by atoms with Crippen molar-refractivity contribution < 1.29 is 4.79 Å². The Morgan fingerprint density at radius 3 is 2.32 bits per heavy atom. The number of halogens is 2. The molecular formula is C15H13ClINO. The van der Waals surface area contributed by atoms with Crippen molar-refractivity contribution in [1.29, 1.82) is 0 Å².